The third-order valence-corrected chi connectivity index (χ3v) is 4.95. The zero-order valence-corrected chi connectivity index (χ0v) is 13.0. The third-order valence-electron chi connectivity index (χ3n) is 3.02. The van der Waals surface area contributed by atoms with E-state index in [9.17, 15) is 8.42 Å². The summed E-state index contributed by atoms with van der Waals surface area (Å²) in [5, 5.41) is 2.73. The van der Waals surface area contributed by atoms with Crippen molar-refractivity contribution < 1.29 is 13.3 Å². The fraction of sp³-hybridized carbons (Fsp3) is 0.118. The van der Waals surface area contributed by atoms with Gasteiger partial charge in [0.15, 0.2) is 9.84 Å². The monoisotopic (exact) mass is 315 g/mol. The maximum absolute atomic E-state index is 12.7. The maximum atomic E-state index is 12.7. The van der Waals surface area contributed by atoms with Crippen molar-refractivity contribution in [1.29, 1.82) is 0 Å². The highest BCUT2D eigenvalue weighted by atomic mass is 32.2. The van der Waals surface area contributed by atoms with Gasteiger partial charge in [-0.05, 0) is 17.7 Å². The SMILES string of the molecule is CO/N=C/[C@@H](/C=C/c1ccccc1)S(=O)(=O)c1ccccc1. The van der Waals surface area contributed by atoms with E-state index < -0.39 is 15.1 Å². The summed E-state index contributed by atoms with van der Waals surface area (Å²) >= 11 is 0. The highest BCUT2D eigenvalue weighted by molar-refractivity contribution is 7.93. The summed E-state index contributed by atoms with van der Waals surface area (Å²) in [4.78, 5) is 4.88. The average molecular weight is 315 g/mol. The van der Waals surface area contributed by atoms with Gasteiger partial charge in [0.05, 0.1) is 11.1 Å². The van der Waals surface area contributed by atoms with E-state index in [4.69, 9.17) is 0 Å². The molecule has 0 aliphatic carbocycles. The molecule has 0 aliphatic rings. The molecule has 0 fully saturated rings. The van der Waals surface area contributed by atoms with Crippen LogP contribution in [-0.2, 0) is 14.7 Å². The Balaban J connectivity index is 2.34. The van der Waals surface area contributed by atoms with Crippen LogP contribution < -0.4 is 0 Å². The first-order chi connectivity index (χ1) is 10.6. The van der Waals surface area contributed by atoms with Gasteiger partial charge >= 0.3 is 0 Å². The summed E-state index contributed by atoms with van der Waals surface area (Å²) in [5.74, 6) is 0. The molecule has 22 heavy (non-hydrogen) atoms. The quantitative estimate of drug-likeness (QED) is 0.608. The molecule has 0 spiro atoms. The molecule has 0 saturated heterocycles. The minimum Gasteiger partial charge on any atom is -0.399 e. The summed E-state index contributed by atoms with van der Waals surface area (Å²) in [7, 11) is -2.18. The van der Waals surface area contributed by atoms with Crippen molar-refractivity contribution in [2.24, 2.45) is 5.16 Å². The number of oxime groups is 1. The van der Waals surface area contributed by atoms with Crippen LogP contribution in [0.5, 0.6) is 0 Å². The predicted molar refractivity (Wildman–Crippen MR) is 88.4 cm³/mol. The number of benzene rings is 2. The van der Waals surface area contributed by atoms with E-state index in [2.05, 4.69) is 9.99 Å². The average Bonchev–Trinajstić information content (AvgIpc) is 2.56. The van der Waals surface area contributed by atoms with Gasteiger partial charge in [0.25, 0.3) is 0 Å². The molecule has 0 bridgehead atoms. The lowest BCUT2D eigenvalue weighted by molar-refractivity contribution is 0.215. The van der Waals surface area contributed by atoms with Crippen LogP contribution in [0.3, 0.4) is 0 Å². The lowest BCUT2D eigenvalue weighted by Gasteiger charge is -2.09. The van der Waals surface area contributed by atoms with Crippen LogP contribution in [0.15, 0.2) is 76.8 Å². The smallest absolute Gasteiger partial charge is 0.190 e. The molecule has 0 aliphatic heterocycles. The Morgan fingerprint density at radius 1 is 1.00 bits per heavy atom. The van der Waals surface area contributed by atoms with Crippen molar-refractivity contribution in [3.63, 3.8) is 0 Å². The topological polar surface area (TPSA) is 55.7 Å². The standard InChI is InChI=1S/C17H17NO3S/c1-21-18-14-17(13-12-15-8-4-2-5-9-15)22(19,20)16-10-6-3-7-11-16/h2-14,17H,1H3/b13-12+,18-14+/t17-/m1/s1. The second kappa shape index (κ2) is 7.56. The predicted octanol–water partition coefficient (Wildman–Crippen LogP) is 3.17. The van der Waals surface area contributed by atoms with Crippen LogP contribution >= 0.6 is 0 Å². The highest BCUT2D eigenvalue weighted by Gasteiger charge is 2.23. The zero-order valence-electron chi connectivity index (χ0n) is 12.2. The molecule has 0 radical (unpaired) electrons. The number of hydrogen-bond acceptors (Lipinski definition) is 4. The van der Waals surface area contributed by atoms with E-state index in [0.29, 0.717) is 0 Å². The second-order valence-corrected chi connectivity index (χ2v) is 6.64. The lowest BCUT2D eigenvalue weighted by atomic mass is 10.2. The molecule has 0 amide bonds. The van der Waals surface area contributed by atoms with Gasteiger partial charge in [0, 0.05) is 0 Å². The highest BCUT2D eigenvalue weighted by Crippen LogP contribution is 2.17. The van der Waals surface area contributed by atoms with Crippen molar-refractivity contribution in [1.82, 2.24) is 0 Å². The summed E-state index contributed by atoms with van der Waals surface area (Å²) in [5.41, 5.74) is 0.918. The third kappa shape index (κ3) is 4.05. The Bertz CT molecular complexity index is 738. The van der Waals surface area contributed by atoms with Gasteiger partial charge in [-0.15, -0.1) is 0 Å². The van der Waals surface area contributed by atoms with Crippen LogP contribution in [0, 0.1) is 0 Å². The van der Waals surface area contributed by atoms with E-state index >= 15 is 0 Å². The maximum Gasteiger partial charge on any atom is 0.190 e. The Kier molecular flexibility index (Phi) is 5.49. The second-order valence-electron chi connectivity index (χ2n) is 4.53. The molecule has 4 nitrogen and oxygen atoms in total. The number of nitrogens with zero attached hydrogens (tertiary/aromatic N) is 1. The van der Waals surface area contributed by atoms with E-state index in [1.54, 1.807) is 42.5 Å². The molecular formula is C17H17NO3S. The molecule has 2 rings (SSSR count). The van der Waals surface area contributed by atoms with Gasteiger partial charge in [0.1, 0.15) is 12.4 Å². The molecular weight excluding hydrogens is 298 g/mol. The summed E-state index contributed by atoms with van der Waals surface area (Å²) in [6.07, 6.45) is 4.63. The molecule has 0 N–H and O–H groups in total. The molecule has 5 heteroatoms. The normalized spacial score (nSPS) is 13.5. The molecule has 114 valence electrons. The lowest BCUT2D eigenvalue weighted by Crippen LogP contribution is -2.21. The number of rotatable bonds is 6. The molecule has 0 unspecified atom stereocenters. The van der Waals surface area contributed by atoms with Crippen molar-refractivity contribution in [3.05, 3.63) is 72.3 Å². The van der Waals surface area contributed by atoms with E-state index in [-0.39, 0.29) is 4.90 Å². The van der Waals surface area contributed by atoms with Crippen molar-refractivity contribution >= 4 is 22.1 Å². The Morgan fingerprint density at radius 2 is 1.59 bits per heavy atom. The molecule has 0 heterocycles. The minimum atomic E-state index is -3.56. The Morgan fingerprint density at radius 3 is 2.18 bits per heavy atom. The van der Waals surface area contributed by atoms with E-state index in [1.165, 1.54) is 13.3 Å². The fourth-order valence-corrected chi connectivity index (χ4v) is 3.24. The van der Waals surface area contributed by atoms with Crippen molar-refractivity contribution in [2.75, 3.05) is 7.11 Å². The fourth-order valence-electron chi connectivity index (χ4n) is 1.89. The van der Waals surface area contributed by atoms with Gasteiger partial charge in [0.2, 0.25) is 0 Å². The molecule has 0 aromatic heterocycles. The van der Waals surface area contributed by atoms with Gasteiger partial charge in [-0.3, -0.25) is 0 Å². The van der Waals surface area contributed by atoms with Crippen LogP contribution in [-0.4, -0.2) is 27.0 Å². The summed E-state index contributed by atoms with van der Waals surface area (Å²) in [6.45, 7) is 0. The van der Waals surface area contributed by atoms with Crippen molar-refractivity contribution in [2.45, 2.75) is 10.1 Å². The largest absolute Gasteiger partial charge is 0.399 e. The molecule has 0 saturated carbocycles. The number of hydrogen-bond donors (Lipinski definition) is 0. The summed E-state index contributed by atoms with van der Waals surface area (Å²) < 4.78 is 25.3. The zero-order chi connectivity index (χ0) is 15.8. The first-order valence-electron chi connectivity index (χ1n) is 6.73. The van der Waals surface area contributed by atoms with Gasteiger partial charge in [-0.25, -0.2) is 8.42 Å². The van der Waals surface area contributed by atoms with Gasteiger partial charge in [-0.2, -0.15) is 0 Å². The van der Waals surface area contributed by atoms with Crippen LogP contribution in [0.25, 0.3) is 6.08 Å². The molecule has 2 aromatic carbocycles. The van der Waals surface area contributed by atoms with Crippen LogP contribution in [0.1, 0.15) is 5.56 Å². The molecule has 1 atom stereocenters. The Labute approximate surface area is 130 Å². The van der Waals surface area contributed by atoms with Gasteiger partial charge < -0.3 is 4.84 Å². The van der Waals surface area contributed by atoms with Crippen LogP contribution in [0.2, 0.25) is 0 Å². The first kappa shape index (κ1) is 16.0. The van der Waals surface area contributed by atoms with E-state index in [0.717, 1.165) is 5.56 Å². The molecule has 2 aromatic rings. The number of sulfone groups is 1. The minimum absolute atomic E-state index is 0.250. The van der Waals surface area contributed by atoms with Crippen molar-refractivity contribution in [3.8, 4) is 0 Å². The first-order valence-corrected chi connectivity index (χ1v) is 8.28. The Hall–Kier alpha value is -2.40. The van der Waals surface area contributed by atoms with Gasteiger partial charge in [-0.1, -0.05) is 65.8 Å². The summed E-state index contributed by atoms with van der Waals surface area (Å²) in [6, 6.07) is 17.8. The van der Waals surface area contributed by atoms with Crippen LogP contribution in [0.4, 0.5) is 0 Å². The van der Waals surface area contributed by atoms with E-state index in [1.807, 2.05) is 30.3 Å².